The molecule has 0 aliphatic carbocycles. The van der Waals surface area contributed by atoms with Gasteiger partial charge in [-0.25, -0.2) is 17.8 Å². The van der Waals surface area contributed by atoms with E-state index in [0.717, 1.165) is 17.0 Å². The molecule has 0 saturated carbocycles. The molecule has 0 unspecified atom stereocenters. The normalized spacial score (nSPS) is 18.8. The zero-order valence-corrected chi connectivity index (χ0v) is 12.6. The van der Waals surface area contributed by atoms with Gasteiger partial charge in [0.1, 0.15) is 21.5 Å². The fourth-order valence-corrected chi connectivity index (χ4v) is 4.32. The predicted octanol–water partition coefficient (Wildman–Crippen LogP) is 2.75. The molecule has 2 heterocycles. The number of aryl methyl sites for hydroxylation is 1. The number of benzene rings is 1. The van der Waals surface area contributed by atoms with Gasteiger partial charge in [0.05, 0.1) is 11.5 Å². The molecule has 0 amide bonds. The lowest BCUT2D eigenvalue weighted by Crippen LogP contribution is -2.25. The second-order valence-corrected chi connectivity index (χ2v) is 7.80. The topological polar surface area (TPSA) is 52.0 Å². The lowest BCUT2D eigenvalue weighted by molar-refractivity contribution is 0.453. The van der Waals surface area contributed by atoms with Gasteiger partial charge in [-0.15, -0.1) is 0 Å². The lowest BCUT2D eigenvalue weighted by Gasteiger charge is -2.25. The summed E-state index contributed by atoms with van der Waals surface area (Å²) in [4.78, 5) is 4.38. The highest BCUT2D eigenvalue weighted by Gasteiger charge is 2.26. The van der Waals surface area contributed by atoms with Crippen LogP contribution in [-0.4, -0.2) is 29.5 Å². The Morgan fingerprint density at radius 1 is 1.29 bits per heavy atom. The van der Waals surface area contributed by atoms with Crippen LogP contribution in [0.5, 0.6) is 0 Å². The molecule has 0 atom stereocenters. The zero-order valence-electron chi connectivity index (χ0n) is 11.8. The maximum Gasteiger partial charge on any atom is 0.150 e. The van der Waals surface area contributed by atoms with Gasteiger partial charge in [0.15, 0.2) is 0 Å². The van der Waals surface area contributed by atoms with Crippen LogP contribution in [-0.2, 0) is 9.84 Å². The van der Waals surface area contributed by atoms with Crippen LogP contribution in [0.2, 0.25) is 0 Å². The number of halogens is 1. The Morgan fingerprint density at radius 2 is 2.00 bits per heavy atom. The molecule has 112 valence electrons. The van der Waals surface area contributed by atoms with Gasteiger partial charge >= 0.3 is 0 Å². The molecular formula is C15H17FN2O2S. The molecule has 0 N–H and O–H groups in total. The maximum atomic E-state index is 13.2. The third-order valence-corrected chi connectivity index (χ3v) is 5.73. The first kappa shape index (κ1) is 14.3. The van der Waals surface area contributed by atoms with E-state index in [2.05, 4.69) is 4.98 Å². The van der Waals surface area contributed by atoms with Gasteiger partial charge in [0.2, 0.25) is 0 Å². The van der Waals surface area contributed by atoms with E-state index in [-0.39, 0.29) is 23.4 Å². The van der Waals surface area contributed by atoms with Crippen molar-refractivity contribution in [3.63, 3.8) is 0 Å². The van der Waals surface area contributed by atoms with E-state index in [1.807, 2.05) is 17.7 Å². The van der Waals surface area contributed by atoms with E-state index in [9.17, 15) is 12.8 Å². The Morgan fingerprint density at radius 3 is 2.67 bits per heavy atom. The van der Waals surface area contributed by atoms with Gasteiger partial charge in [0, 0.05) is 24.0 Å². The molecule has 1 aliphatic heterocycles. The number of hydrogen-bond acceptors (Lipinski definition) is 3. The third-order valence-electron chi connectivity index (χ3n) is 4.02. The van der Waals surface area contributed by atoms with E-state index in [1.165, 1.54) is 12.1 Å². The fraction of sp³-hybridized carbons (Fsp3) is 0.400. The van der Waals surface area contributed by atoms with Gasteiger partial charge in [0.25, 0.3) is 0 Å². The van der Waals surface area contributed by atoms with Crippen molar-refractivity contribution in [2.75, 3.05) is 11.5 Å². The standard InChI is InChI=1S/C15H17FN2O2S/c1-11-10-12(16)2-3-14(11)15-17-6-7-18(15)13-4-8-21(19,20)9-5-13/h2-3,6-7,10,13H,4-5,8-9H2,1H3. The van der Waals surface area contributed by atoms with Crippen molar-refractivity contribution in [3.05, 3.63) is 42.0 Å². The first-order chi connectivity index (χ1) is 9.96. The molecule has 0 spiro atoms. The van der Waals surface area contributed by atoms with E-state index < -0.39 is 9.84 Å². The van der Waals surface area contributed by atoms with Crippen molar-refractivity contribution in [3.8, 4) is 11.4 Å². The van der Waals surface area contributed by atoms with E-state index in [4.69, 9.17) is 0 Å². The molecule has 1 aliphatic rings. The predicted molar refractivity (Wildman–Crippen MR) is 79.3 cm³/mol. The molecule has 1 saturated heterocycles. The number of rotatable bonds is 2. The van der Waals surface area contributed by atoms with Crippen LogP contribution in [0.4, 0.5) is 4.39 Å². The Labute approximate surface area is 123 Å². The molecule has 1 aromatic carbocycles. The van der Waals surface area contributed by atoms with Gasteiger partial charge < -0.3 is 4.57 Å². The second kappa shape index (κ2) is 5.26. The Balaban J connectivity index is 1.94. The number of imidazole rings is 1. The van der Waals surface area contributed by atoms with Crippen LogP contribution in [0, 0.1) is 12.7 Å². The molecule has 6 heteroatoms. The van der Waals surface area contributed by atoms with Crippen LogP contribution in [0.3, 0.4) is 0 Å². The maximum absolute atomic E-state index is 13.2. The summed E-state index contributed by atoms with van der Waals surface area (Å²) in [5.74, 6) is 0.949. The zero-order chi connectivity index (χ0) is 15.0. The summed E-state index contributed by atoms with van der Waals surface area (Å²) in [7, 11) is -2.88. The fourth-order valence-electron chi connectivity index (χ4n) is 2.85. The van der Waals surface area contributed by atoms with E-state index in [0.29, 0.717) is 12.8 Å². The molecule has 2 aromatic rings. The number of aromatic nitrogens is 2. The Kier molecular flexibility index (Phi) is 3.57. The minimum Gasteiger partial charge on any atom is -0.328 e. The molecule has 0 radical (unpaired) electrons. The average molecular weight is 308 g/mol. The van der Waals surface area contributed by atoms with Crippen molar-refractivity contribution in [2.45, 2.75) is 25.8 Å². The van der Waals surface area contributed by atoms with Crippen molar-refractivity contribution < 1.29 is 12.8 Å². The van der Waals surface area contributed by atoms with Crippen LogP contribution < -0.4 is 0 Å². The smallest absolute Gasteiger partial charge is 0.150 e. The van der Waals surface area contributed by atoms with Crippen molar-refractivity contribution >= 4 is 9.84 Å². The quantitative estimate of drug-likeness (QED) is 0.857. The second-order valence-electron chi connectivity index (χ2n) is 5.50. The summed E-state index contributed by atoms with van der Waals surface area (Å²) in [6.45, 7) is 1.85. The third kappa shape index (κ3) is 2.85. The molecule has 4 nitrogen and oxygen atoms in total. The number of hydrogen-bond donors (Lipinski definition) is 0. The SMILES string of the molecule is Cc1cc(F)ccc1-c1nccn1C1CCS(=O)(=O)CC1. The highest BCUT2D eigenvalue weighted by molar-refractivity contribution is 7.91. The van der Waals surface area contributed by atoms with Crippen LogP contribution >= 0.6 is 0 Å². The summed E-state index contributed by atoms with van der Waals surface area (Å²) >= 11 is 0. The van der Waals surface area contributed by atoms with Gasteiger partial charge in [-0.05, 0) is 43.5 Å². The number of sulfone groups is 1. The monoisotopic (exact) mass is 308 g/mol. The molecule has 1 fully saturated rings. The van der Waals surface area contributed by atoms with Crippen molar-refractivity contribution in [1.82, 2.24) is 9.55 Å². The molecule has 3 rings (SSSR count). The summed E-state index contributed by atoms with van der Waals surface area (Å²) in [5, 5.41) is 0. The lowest BCUT2D eigenvalue weighted by atomic mass is 10.1. The van der Waals surface area contributed by atoms with Crippen LogP contribution in [0.15, 0.2) is 30.6 Å². The van der Waals surface area contributed by atoms with Gasteiger partial charge in [-0.1, -0.05) is 0 Å². The molecule has 1 aromatic heterocycles. The minimum absolute atomic E-state index is 0.135. The highest BCUT2D eigenvalue weighted by atomic mass is 32.2. The van der Waals surface area contributed by atoms with E-state index in [1.54, 1.807) is 12.3 Å². The first-order valence-electron chi connectivity index (χ1n) is 6.96. The molecule has 21 heavy (non-hydrogen) atoms. The molecule has 0 bridgehead atoms. The van der Waals surface area contributed by atoms with Crippen LogP contribution in [0.1, 0.15) is 24.4 Å². The minimum atomic E-state index is -2.88. The largest absolute Gasteiger partial charge is 0.328 e. The van der Waals surface area contributed by atoms with Crippen LogP contribution in [0.25, 0.3) is 11.4 Å². The van der Waals surface area contributed by atoms with Gasteiger partial charge in [-0.2, -0.15) is 0 Å². The average Bonchev–Trinajstić information content (AvgIpc) is 2.88. The summed E-state index contributed by atoms with van der Waals surface area (Å²) in [6, 6.07) is 4.77. The van der Waals surface area contributed by atoms with Gasteiger partial charge in [-0.3, -0.25) is 0 Å². The Bertz CT molecular complexity index is 754. The summed E-state index contributed by atoms with van der Waals surface area (Å²) in [5.41, 5.74) is 1.71. The van der Waals surface area contributed by atoms with Crippen molar-refractivity contribution in [2.24, 2.45) is 0 Å². The van der Waals surface area contributed by atoms with E-state index >= 15 is 0 Å². The molecular weight excluding hydrogens is 291 g/mol. The highest BCUT2D eigenvalue weighted by Crippen LogP contribution is 2.30. The first-order valence-corrected chi connectivity index (χ1v) is 8.78. The van der Waals surface area contributed by atoms with Crippen molar-refractivity contribution in [1.29, 1.82) is 0 Å². The summed E-state index contributed by atoms with van der Waals surface area (Å²) in [6.07, 6.45) is 4.79. The summed E-state index contributed by atoms with van der Waals surface area (Å²) < 4.78 is 38.3. The Hall–Kier alpha value is -1.69. The number of nitrogens with zero attached hydrogens (tertiary/aromatic N) is 2.